The number of phenolic OH excluding ortho intramolecular Hbond substituents is 1. The van der Waals surface area contributed by atoms with E-state index < -0.39 is 0 Å². The molecule has 1 amide bonds. The Morgan fingerprint density at radius 1 is 1.16 bits per heavy atom. The molecule has 0 spiro atoms. The molecule has 2 N–H and O–H groups in total. The number of hydrogen-bond donors (Lipinski definition) is 2. The Bertz CT molecular complexity index is 1110. The number of Topliss-reactive ketones (excluding diaryl/α,β-unsaturated/α-hetero) is 1. The fourth-order valence-electron chi connectivity index (χ4n) is 3.08. The molecule has 0 radical (unpaired) electrons. The monoisotopic (exact) mass is 499 g/mol. The molecular weight excluding hydrogens is 474 g/mol. The van der Waals surface area contributed by atoms with Gasteiger partial charge in [-0.15, -0.1) is 0 Å². The average Bonchev–Trinajstić information content (AvgIpc) is 3.19. The molecule has 0 aliphatic heterocycles. The minimum Gasteiger partial charge on any atom is -0.506 e. The van der Waals surface area contributed by atoms with Gasteiger partial charge in [0.15, 0.2) is 5.78 Å². The van der Waals surface area contributed by atoms with Crippen LogP contribution in [0.25, 0.3) is 0 Å². The third-order valence-electron chi connectivity index (χ3n) is 4.78. The lowest BCUT2D eigenvalue weighted by molar-refractivity contribution is 0.0943. The lowest BCUT2D eigenvalue weighted by Crippen LogP contribution is -2.23. The zero-order chi connectivity index (χ0) is 23.3. The highest BCUT2D eigenvalue weighted by Crippen LogP contribution is 2.37. The van der Waals surface area contributed by atoms with Crippen LogP contribution in [0.5, 0.6) is 11.5 Å². The number of hydrogen-bond acceptors (Lipinski definition) is 5. The van der Waals surface area contributed by atoms with Gasteiger partial charge in [0.25, 0.3) is 5.91 Å². The number of ketones is 1. The molecule has 3 aromatic rings. The van der Waals surface area contributed by atoms with Crippen molar-refractivity contribution in [2.45, 2.75) is 33.4 Å². The highest BCUT2D eigenvalue weighted by atomic mass is 79.9. The van der Waals surface area contributed by atoms with E-state index in [1.165, 1.54) is 0 Å². The molecule has 0 bridgehead atoms. The van der Waals surface area contributed by atoms with Crippen LogP contribution in [-0.2, 0) is 20.2 Å². The number of nitrogens with zero attached hydrogens (tertiary/aromatic N) is 2. The zero-order valence-corrected chi connectivity index (χ0v) is 19.8. The number of benzene rings is 2. The smallest absolute Gasteiger partial charge is 0.271 e. The summed E-state index contributed by atoms with van der Waals surface area (Å²) in [5.74, 6) is 0.235. The number of amides is 1. The quantitative estimate of drug-likeness (QED) is 0.418. The molecule has 0 atom stereocenters. The van der Waals surface area contributed by atoms with Crippen molar-refractivity contribution in [2.24, 2.45) is 13.0 Å². The van der Waals surface area contributed by atoms with Crippen LogP contribution in [0.3, 0.4) is 0 Å². The topological polar surface area (TPSA) is 93.5 Å². The zero-order valence-electron chi connectivity index (χ0n) is 18.3. The molecule has 168 valence electrons. The molecule has 3 rings (SSSR count). The van der Waals surface area contributed by atoms with Gasteiger partial charge in [-0.2, -0.15) is 0 Å². The molecule has 1 heterocycles. The summed E-state index contributed by atoms with van der Waals surface area (Å²) in [5, 5.41) is 13.2. The standard InChI is InChI=1S/C24H26BrN3O4/c1-15(2)10-20(29)18-8-9-21(22(25)23(18)30)32-13-17-6-4-16(5-7-17)11-26-24(31)19-12-28(3)14-27-19/h4-9,12,14-15,30H,10-11,13H2,1-3H3,(H,26,31). The highest BCUT2D eigenvalue weighted by Gasteiger charge is 2.18. The first-order valence-corrected chi connectivity index (χ1v) is 11.0. The summed E-state index contributed by atoms with van der Waals surface area (Å²) in [6.07, 6.45) is 3.62. The maximum atomic E-state index is 12.3. The van der Waals surface area contributed by atoms with E-state index in [4.69, 9.17) is 4.74 Å². The van der Waals surface area contributed by atoms with Crippen molar-refractivity contribution in [3.8, 4) is 11.5 Å². The molecular formula is C24H26BrN3O4. The number of carbonyl (C=O) groups excluding carboxylic acids is 2. The Morgan fingerprint density at radius 2 is 1.84 bits per heavy atom. The second-order valence-corrected chi connectivity index (χ2v) is 8.80. The number of rotatable bonds is 9. The van der Waals surface area contributed by atoms with Gasteiger partial charge in [-0.3, -0.25) is 9.59 Å². The van der Waals surface area contributed by atoms with Crippen molar-refractivity contribution in [1.29, 1.82) is 0 Å². The average molecular weight is 500 g/mol. The number of ether oxygens (including phenoxy) is 1. The first-order chi connectivity index (χ1) is 15.2. The summed E-state index contributed by atoms with van der Waals surface area (Å²) < 4.78 is 7.90. The summed E-state index contributed by atoms with van der Waals surface area (Å²) in [6.45, 7) is 4.60. The summed E-state index contributed by atoms with van der Waals surface area (Å²) in [7, 11) is 1.81. The third kappa shape index (κ3) is 5.97. The molecule has 8 heteroatoms. The van der Waals surface area contributed by atoms with Crippen LogP contribution in [0.4, 0.5) is 0 Å². The van der Waals surface area contributed by atoms with Crippen molar-refractivity contribution in [2.75, 3.05) is 0 Å². The summed E-state index contributed by atoms with van der Waals surface area (Å²) in [4.78, 5) is 28.4. The van der Waals surface area contributed by atoms with Crippen molar-refractivity contribution in [1.82, 2.24) is 14.9 Å². The van der Waals surface area contributed by atoms with E-state index in [0.717, 1.165) is 11.1 Å². The Hall–Kier alpha value is -3.13. The van der Waals surface area contributed by atoms with Gasteiger partial charge in [-0.1, -0.05) is 38.1 Å². The molecule has 7 nitrogen and oxygen atoms in total. The number of halogens is 1. The summed E-state index contributed by atoms with van der Waals surface area (Å²) >= 11 is 3.33. The number of nitrogens with one attached hydrogen (secondary N) is 1. The Balaban J connectivity index is 1.56. The molecule has 2 aromatic carbocycles. The van der Waals surface area contributed by atoms with E-state index in [1.807, 2.05) is 45.2 Å². The molecule has 1 aromatic heterocycles. The lowest BCUT2D eigenvalue weighted by Gasteiger charge is -2.13. The lowest BCUT2D eigenvalue weighted by atomic mass is 10.0. The first-order valence-electron chi connectivity index (χ1n) is 10.3. The first kappa shape index (κ1) is 23.5. The van der Waals surface area contributed by atoms with Crippen LogP contribution in [0.2, 0.25) is 0 Å². The van der Waals surface area contributed by atoms with Crippen molar-refractivity contribution in [3.05, 3.63) is 75.8 Å². The van der Waals surface area contributed by atoms with E-state index in [0.29, 0.717) is 28.9 Å². The summed E-state index contributed by atoms with van der Waals surface area (Å²) in [5.41, 5.74) is 2.54. The second kappa shape index (κ2) is 10.5. The predicted molar refractivity (Wildman–Crippen MR) is 125 cm³/mol. The molecule has 0 fully saturated rings. The molecule has 0 unspecified atom stereocenters. The van der Waals surface area contributed by atoms with Gasteiger partial charge in [-0.05, 0) is 45.1 Å². The van der Waals surface area contributed by atoms with Crippen LogP contribution in [0, 0.1) is 5.92 Å². The second-order valence-electron chi connectivity index (χ2n) is 8.01. The largest absolute Gasteiger partial charge is 0.506 e. The van der Waals surface area contributed by atoms with Gasteiger partial charge in [-0.25, -0.2) is 4.98 Å². The Morgan fingerprint density at radius 3 is 2.47 bits per heavy atom. The van der Waals surface area contributed by atoms with Gasteiger partial charge < -0.3 is 19.7 Å². The van der Waals surface area contributed by atoms with Gasteiger partial charge in [0, 0.05) is 26.2 Å². The van der Waals surface area contributed by atoms with Gasteiger partial charge in [0.2, 0.25) is 0 Å². The van der Waals surface area contributed by atoms with Gasteiger partial charge in [0.05, 0.1) is 11.9 Å². The number of phenols is 1. The van der Waals surface area contributed by atoms with E-state index >= 15 is 0 Å². The molecule has 0 saturated heterocycles. The van der Waals surface area contributed by atoms with Crippen LogP contribution in [0.15, 0.2) is 53.4 Å². The van der Waals surface area contributed by atoms with E-state index in [2.05, 4.69) is 26.2 Å². The van der Waals surface area contributed by atoms with Gasteiger partial charge >= 0.3 is 0 Å². The number of carbonyl (C=O) groups is 2. The predicted octanol–water partition coefficient (Wildman–Crippen LogP) is 4.63. The molecule has 32 heavy (non-hydrogen) atoms. The van der Waals surface area contributed by atoms with Crippen LogP contribution in [0.1, 0.15) is 52.2 Å². The highest BCUT2D eigenvalue weighted by molar-refractivity contribution is 9.10. The third-order valence-corrected chi connectivity index (χ3v) is 5.55. The van der Waals surface area contributed by atoms with E-state index in [9.17, 15) is 14.7 Å². The van der Waals surface area contributed by atoms with Crippen molar-refractivity contribution < 1.29 is 19.4 Å². The van der Waals surface area contributed by atoms with E-state index in [-0.39, 0.29) is 35.5 Å². The van der Waals surface area contributed by atoms with Crippen molar-refractivity contribution in [3.63, 3.8) is 0 Å². The summed E-state index contributed by atoms with van der Waals surface area (Å²) in [6, 6.07) is 10.9. The molecule has 0 saturated carbocycles. The number of imidazole rings is 1. The number of aryl methyl sites for hydroxylation is 1. The maximum Gasteiger partial charge on any atom is 0.271 e. The minimum absolute atomic E-state index is 0.101. The Labute approximate surface area is 195 Å². The number of aromatic hydroxyl groups is 1. The fourth-order valence-corrected chi connectivity index (χ4v) is 3.54. The number of aromatic nitrogens is 2. The van der Waals surface area contributed by atoms with Crippen molar-refractivity contribution >= 4 is 27.6 Å². The maximum absolute atomic E-state index is 12.3. The van der Waals surface area contributed by atoms with Crippen LogP contribution >= 0.6 is 15.9 Å². The SMILES string of the molecule is CC(C)CC(=O)c1ccc(OCc2ccc(CNC(=O)c3cn(C)cn3)cc2)c(Br)c1O. The minimum atomic E-state index is -0.224. The van der Waals surface area contributed by atoms with Crippen LogP contribution in [-0.4, -0.2) is 26.3 Å². The fraction of sp³-hybridized carbons (Fsp3) is 0.292. The molecule has 0 aliphatic carbocycles. The van der Waals surface area contributed by atoms with Gasteiger partial charge in [0.1, 0.15) is 28.3 Å². The van der Waals surface area contributed by atoms with Crippen LogP contribution < -0.4 is 10.1 Å². The molecule has 0 aliphatic rings. The normalized spacial score (nSPS) is 10.9. The van der Waals surface area contributed by atoms with E-state index in [1.54, 1.807) is 29.2 Å². The Kier molecular flexibility index (Phi) is 7.69.